The molecule has 1 aliphatic heterocycles. The van der Waals surface area contributed by atoms with Gasteiger partial charge in [-0.05, 0) is 67.0 Å². The number of amides is 2. The first-order valence-electron chi connectivity index (χ1n) is 19.1. The molecule has 2 aromatic carbocycles. The summed E-state index contributed by atoms with van der Waals surface area (Å²) in [6.45, 7) is 9.69. The van der Waals surface area contributed by atoms with E-state index >= 15 is 0 Å². The summed E-state index contributed by atoms with van der Waals surface area (Å²) in [5.74, 6) is -1.73. The largest absolute Gasteiger partial charge is 0.496 e. The average Bonchev–Trinajstić information content (AvgIpc) is 4.07. The number of hydrogen-bond acceptors (Lipinski definition) is 11. The summed E-state index contributed by atoms with van der Waals surface area (Å²) in [7, 11) is -0.847. The van der Waals surface area contributed by atoms with Crippen LogP contribution in [-0.2, 0) is 30.8 Å². The minimum Gasteiger partial charge on any atom is -0.496 e. The molecule has 4 aromatic rings. The van der Waals surface area contributed by atoms with Gasteiger partial charge in [0.15, 0.2) is 5.78 Å². The second-order valence-electron chi connectivity index (χ2n) is 16.4. The number of pyridine rings is 1. The van der Waals surface area contributed by atoms with E-state index in [1.54, 1.807) is 29.7 Å². The van der Waals surface area contributed by atoms with Gasteiger partial charge in [-0.15, -0.1) is 17.9 Å². The smallest absolute Gasteiger partial charge is 0.240 e. The number of carbonyl (C=O) groups is 3. The van der Waals surface area contributed by atoms with Crippen LogP contribution in [0.15, 0.2) is 60.6 Å². The third-order valence-corrected chi connectivity index (χ3v) is 14.4. The van der Waals surface area contributed by atoms with Gasteiger partial charge in [-0.25, -0.2) is 22.8 Å². The van der Waals surface area contributed by atoms with Gasteiger partial charge in [0, 0.05) is 51.9 Å². The van der Waals surface area contributed by atoms with Crippen molar-refractivity contribution in [2.24, 2.45) is 22.7 Å². The normalized spacial score (nSPS) is 22.3. The minimum atomic E-state index is -3.87. The molecule has 12 nitrogen and oxygen atoms in total. The summed E-state index contributed by atoms with van der Waals surface area (Å²) in [6.07, 6.45) is 3.64. The van der Waals surface area contributed by atoms with E-state index in [0.29, 0.717) is 56.4 Å². The number of Topliss-reactive ketones (excluding diaryl/α,β-unsaturated/α-hetero) is 1. The van der Waals surface area contributed by atoms with Crippen molar-refractivity contribution in [3.63, 3.8) is 0 Å². The van der Waals surface area contributed by atoms with Crippen molar-refractivity contribution < 1.29 is 41.4 Å². The molecule has 3 aliphatic rings. The summed E-state index contributed by atoms with van der Waals surface area (Å²) in [5, 5.41) is 3.55. The molecule has 1 N–H and O–H groups in total. The van der Waals surface area contributed by atoms with Gasteiger partial charge >= 0.3 is 0 Å². The molecule has 2 amide bonds. The topological polar surface area (TPSA) is 154 Å². The van der Waals surface area contributed by atoms with Crippen molar-refractivity contribution >= 4 is 61.3 Å². The first kappa shape index (κ1) is 41.6. The van der Waals surface area contributed by atoms with Crippen molar-refractivity contribution in [2.75, 3.05) is 20.8 Å². The van der Waals surface area contributed by atoms with Crippen LogP contribution in [0.2, 0.25) is 5.02 Å². The molecule has 58 heavy (non-hydrogen) atoms. The molecular formula is C42H46ClFN4O8S2. The number of likely N-dealkylation sites (tertiary alicyclic amines) is 1. The number of nitrogens with zero attached hydrogens (tertiary/aromatic N) is 3. The Morgan fingerprint density at radius 2 is 1.86 bits per heavy atom. The van der Waals surface area contributed by atoms with E-state index in [9.17, 15) is 27.2 Å². The zero-order valence-corrected chi connectivity index (χ0v) is 35.3. The highest BCUT2D eigenvalue weighted by molar-refractivity contribution is 7.90. The molecule has 308 valence electrons. The second kappa shape index (κ2) is 15.9. The molecule has 3 heterocycles. The van der Waals surface area contributed by atoms with Crippen LogP contribution in [0.4, 0.5) is 4.39 Å². The lowest BCUT2D eigenvalue weighted by Crippen LogP contribution is -2.48. The first-order chi connectivity index (χ1) is 27.5. The van der Waals surface area contributed by atoms with Gasteiger partial charge in [-0.2, -0.15) is 0 Å². The first-order valence-corrected chi connectivity index (χ1v) is 21.9. The number of aromatic nitrogens is 2. The van der Waals surface area contributed by atoms with Gasteiger partial charge in [-0.1, -0.05) is 38.4 Å². The van der Waals surface area contributed by atoms with E-state index in [2.05, 4.69) is 16.3 Å². The lowest BCUT2D eigenvalue weighted by atomic mass is 9.77. The fourth-order valence-corrected chi connectivity index (χ4v) is 10.3. The number of ether oxygens (including phenoxy) is 3. The number of sulfonamides is 1. The number of benzene rings is 2. The third kappa shape index (κ3) is 8.30. The molecule has 0 bridgehead atoms. The van der Waals surface area contributed by atoms with Crippen molar-refractivity contribution in [1.29, 1.82) is 0 Å². The monoisotopic (exact) mass is 852 g/mol. The Kier molecular flexibility index (Phi) is 11.4. The minimum absolute atomic E-state index is 0.0291. The summed E-state index contributed by atoms with van der Waals surface area (Å²) in [5.41, 5.74) is -0.931. The van der Waals surface area contributed by atoms with E-state index < -0.39 is 61.8 Å². The number of rotatable bonds is 15. The number of fused-ring (bicyclic) bond motifs is 1. The maximum absolute atomic E-state index is 15.0. The van der Waals surface area contributed by atoms with E-state index in [1.807, 2.05) is 20.8 Å². The van der Waals surface area contributed by atoms with Crippen LogP contribution < -0.4 is 18.9 Å². The zero-order valence-electron chi connectivity index (χ0n) is 32.9. The molecule has 1 saturated heterocycles. The molecule has 16 heteroatoms. The van der Waals surface area contributed by atoms with Crippen LogP contribution in [0.3, 0.4) is 0 Å². The summed E-state index contributed by atoms with van der Waals surface area (Å²) in [6, 6.07) is 8.42. The molecule has 7 rings (SSSR count). The number of thiazole rings is 1. The third-order valence-electron chi connectivity index (χ3n) is 11.5. The SMILES string of the molecule is C=C[C@@H]1C[C@]1(CC(=O)[C@@H]1C[C@@H](Oc2ncc(OC)c3ccc(Cl)cc23)CN1C(=O)[C@@H](Cc1nc(-c2cc(F)ccc2OC)cs1)C(C)(C)C)C(=O)NS(=O)(=O)C1CC1. The summed E-state index contributed by atoms with van der Waals surface area (Å²) in [4.78, 5) is 54.1. The second-order valence-corrected chi connectivity index (χ2v) is 19.8. The Bertz CT molecular complexity index is 2400. The van der Waals surface area contributed by atoms with Gasteiger partial charge in [0.2, 0.25) is 27.7 Å². The lowest BCUT2D eigenvalue weighted by Gasteiger charge is -2.35. The number of carbonyl (C=O) groups excluding carboxylic acids is 3. The maximum Gasteiger partial charge on any atom is 0.240 e. The van der Waals surface area contributed by atoms with Crippen molar-refractivity contribution in [2.45, 2.75) is 76.7 Å². The Morgan fingerprint density at radius 1 is 1.12 bits per heavy atom. The van der Waals surface area contributed by atoms with Gasteiger partial charge in [0.25, 0.3) is 0 Å². The highest BCUT2D eigenvalue weighted by Gasteiger charge is 2.61. The highest BCUT2D eigenvalue weighted by atomic mass is 35.5. The van der Waals surface area contributed by atoms with E-state index in [-0.39, 0.29) is 49.8 Å². The number of hydrogen-bond donors (Lipinski definition) is 1. The van der Waals surface area contributed by atoms with E-state index in [0.717, 1.165) is 0 Å². The molecule has 3 fully saturated rings. The Hall–Kier alpha value is -4.60. The lowest BCUT2D eigenvalue weighted by molar-refractivity contribution is -0.144. The predicted octanol–water partition coefficient (Wildman–Crippen LogP) is 7.18. The number of methoxy groups -OCH3 is 2. The Labute approximate surface area is 346 Å². The van der Waals surface area contributed by atoms with Crippen molar-refractivity contribution in [3.05, 3.63) is 76.5 Å². The quantitative estimate of drug-likeness (QED) is 0.122. The van der Waals surface area contributed by atoms with Gasteiger partial charge in [-0.3, -0.25) is 19.1 Å². The van der Waals surface area contributed by atoms with Crippen LogP contribution in [0, 0.1) is 28.5 Å². The fraction of sp³-hybridized carbons (Fsp3) is 0.452. The molecule has 2 aromatic heterocycles. The highest BCUT2D eigenvalue weighted by Crippen LogP contribution is 2.57. The van der Waals surface area contributed by atoms with Crippen LogP contribution in [0.25, 0.3) is 22.0 Å². The number of ketones is 1. The molecule has 0 unspecified atom stereocenters. The van der Waals surface area contributed by atoms with Gasteiger partial charge in [0.1, 0.15) is 23.4 Å². The summed E-state index contributed by atoms with van der Waals surface area (Å²) < 4.78 is 59.6. The zero-order chi connectivity index (χ0) is 41.7. The number of nitrogens with one attached hydrogen (secondary N) is 1. The van der Waals surface area contributed by atoms with Crippen LogP contribution in [-0.4, -0.2) is 79.0 Å². The average molecular weight is 853 g/mol. The molecular weight excluding hydrogens is 807 g/mol. The molecule has 2 saturated carbocycles. The fourth-order valence-electron chi connectivity index (χ4n) is 7.87. The standard InChI is InChI=1S/C42H46ClFN4O8S2/c1-7-23-18-42(23,40(51)47-58(52,53)27-10-11-27)19-34(49)33-16-26(56-38-29-14-24(43)8-12-28(29)36(55-6)20-45-38)21-48(33)39(50)31(41(2,3)4)17-37-46-32(22-57-37)30-15-25(44)9-13-35(30)54-5/h7-9,12-15,20,22-23,26-27,31,33H,1,10-11,16-19,21H2,2-6H3,(H,47,51)/t23-,26-,31-,33+,42-/m1/s1. The number of allylic oxidation sites excluding steroid dienone is 1. The molecule has 2 aliphatic carbocycles. The van der Waals surface area contributed by atoms with Crippen molar-refractivity contribution in [1.82, 2.24) is 19.6 Å². The van der Waals surface area contributed by atoms with E-state index in [4.69, 9.17) is 30.8 Å². The number of halogens is 2. The predicted molar refractivity (Wildman–Crippen MR) is 219 cm³/mol. The van der Waals surface area contributed by atoms with E-state index in [1.165, 1.54) is 54.9 Å². The Balaban J connectivity index is 1.20. The van der Waals surface area contributed by atoms with Crippen molar-refractivity contribution in [3.8, 4) is 28.6 Å². The van der Waals surface area contributed by atoms with Gasteiger partial charge in [0.05, 0.1) is 54.4 Å². The van der Waals surface area contributed by atoms with Crippen LogP contribution in [0.5, 0.6) is 17.4 Å². The maximum atomic E-state index is 15.0. The Morgan fingerprint density at radius 3 is 2.52 bits per heavy atom. The van der Waals surface area contributed by atoms with Crippen LogP contribution >= 0.6 is 22.9 Å². The molecule has 0 radical (unpaired) electrons. The molecule has 0 spiro atoms. The van der Waals surface area contributed by atoms with Gasteiger partial charge < -0.3 is 19.1 Å². The summed E-state index contributed by atoms with van der Waals surface area (Å²) >= 11 is 7.72. The van der Waals surface area contributed by atoms with Crippen LogP contribution in [0.1, 0.15) is 57.9 Å². The molecule has 5 atom stereocenters.